The van der Waals surface area contributed by atoms with Crippen molar-refractivity contribution in [2.75, 3.05) is 18.1 Å². The lowest BCUT2D eigenvalue weighted by molar-refractivity contribution is 0.0978. The number of amides is 1. The molecular weight excluding hydrogens is 352 g/mol. The molecule has 3 heterocycles. The monoisotopic (exact) mass is 376 g/mol. The number of ether oxygens (including phenoxy) is 1. The molecular formula is C22H24N4O2. The molecule has 2 aromatic heterocycles. The molecule has 6 heteroatoms. The van der Waals surface area contributed by atoms with Crippen molar-refractivity contribution in [2.45, 2.75) is 45.1 Å². The van der Waals surface area contributed by atoms with Crippen LogP contribution in [0.5, 0.6) is 5.75 Å². The summed E-state index contributed by atoms with van der Waals surface area (Å²) in [5, 5.41) is 5.39. The number of nitrogens with zero attached hydrogens (tertiary/aromatic N) is 4. The Hall–Kier alpha value is -2.89. The number of benzene rings is 1. The molecule has 1 saturated carbocycles. The molecule has 28 heavy (non-hydrogen) atoms. The van der Waals surface area contributed by atoms with Gasteiger partial charge >= 0.3 is 0 Å². The maximum absolute atomic E-state index is 13.6. The van der Waals surface area contributed by atoms with Crippen molar-refractivity contribution < 1.29 is 9.53 Å². The summed E-state index contributed by atoms with van der Waals surface area (Å²) in [6, 6.07) is 9.68. The number of carbonyl (C=O) groups is 1. The number of aromatic nitrogens is 3. The molecule has 0 atom stereocenters. The van der Waals surface area contributed by atoms with E-state index in [1.807, 2.05) is 39.9 Å². The average Bonchev–Trinajstić information content (AvgIpc) is 3.44. The lowest BCUT2D eigenvalue weighted by atomic mass is 10.1. The van der Waals surface area contributed by atoms with E-state index in [1.165, 1.54) is 0 Å². The van der Waals surface area contributed by atoms with Crippen LogP contribution >= 0.6 is 0 Å². The molecule has 5 rings (SSSR count). The molecule has 144 valence electrons. The van der Waals surface area contributed by atoms with Crippen molar-refractivity contribution in [2.24, 2.45) is 0 Å². The molecule has 0 unspecified atom stereocenters. The summed E-state index contributed by atoms with van der Waals surface area (Å²) in [6.45, 7) is 7.33. The average molecular weight is 376 g/mol. The highest BCUT2D eigenvalue weighted by atomic mass is 16.5. The van der Waals surface area contributed by atoms with E-state index in [1.54, 1.807) is 6.20 Å². The van der Waals surface area contributed by atoms with Gasteiger partial charge in [0.15, 0.2) is 5.65 Å². The van der Waals surface area contributed by atoms with Crippen molar-refractivity contribution in [3.05, 3.63) is 47.8 Å². The molecule has 0 N–H and O–H groups in total. The van der Waals surface area contributed by atoms with Crippen LogP contribution in [0.1, 0.15) is 55.6 Å². The number of para-hydroxylation sites is 2. The van der Waals surface area contributed by atoms with Gasteiger partial charge in [0, 0.05) is 11.6 Å². The molecule has 0 saturated heterocycles. The number of anilines is 1. The van der Waals surface area contributed by atoms with Crippen molar-refractivity contribution in [3.63, 3.8) is 0 Å². The normalized spacial score (nSPS) is 16.8. The molecule has 2 aliphatic rings. The number of fused-ring (bicyclic) bond motifs is 2. The lowest BCUT2D eigenvalue weighted by Crippen LogP contribution is -2.38. The molecule has 1 aliphatic carbocycles. The Bertz CT molecular complexity index is 1080. The quantitative estimate of drug-likeness (QED) is 0.675. The van der Waals surface area contributed by atoms with Crippen LogP contribution in [0.4, 0.5) is 5.69 Å². The molecule has 3 aromatic rings. The highest BCUT2D eigenvalue weighted by molar-refractivity contribution is 6.14. The van der Waals surface area contributed by atoms with Gasteiger partial charge in [0.25, 0.3) is 5.91 Å². The van der Waals surface area contributed by atoms with Crippen LogP contribution in [0.25, 0.3) is 11.0 Å². The SMILES string of the molecule is CC(C)(C)n1ncc2c(C(=O)N3CCOc4ccccc43)cc(C3CC3)nc21. The Morgan fingerprint density at radius 3 is 2.75 bits per heavy atom. The molecule has 0 bridgehead atoms. The molecule has 1 amide bonds. The molecule has 0 radical (unpaired) electrons. The minimum Gasteiger partial charge on any atom is -0.490 e. The fraction of sp³-hybridized carbons (Fsp3) is 0.409. The van der Waals surface area contributed by atoms with Crippen LogP contribution < -0.4 is 9.64 Å². The minimum absolute atomic E-state index is 0.0153. The summed E-state index contributed by atoms with van der Waals surface area (Å²) in [5.74, 6) is 1.19. The predicted octanol–water partition coefficient (Wildman–Crippen LogP) is 4.10. The van der Waals surface area contributed by atoms with Crippen LogP contribution in [0.3, 0.4) is 0 Å². The third-order valence-electron chi connectivity index (χ3n) is 5.40. The van der Waals surface area contributed by atoms with E-state index in [0.29, 0.717) is 24.6 Å². The van der Waals surface area contributed by atoms with Gasteiger partial charge in [-0.25, -0.2) is 9.67 Å². The first-order valence-electron chi connectivity index (χ1n) is 9.86. The maximum Gasteiger partial charge on any atom is 0.259 e. The van der Waals surface area contributed by atoms with Gasteiger partial charge < -0.3 is 9.64 Å². The summed E-state index contributed by atoms with van der Waals surface area (Å²) in [7, 11) is 0. The lowest BCUT2D eigenvalue weighted by Gasteiger charge is -2.29. The van der Waals surface area contributed by atoms with Crippen LogP contribution in [0.2, 0.25) is 0 Å². The third kappa shape index (κ3) is 2.75. The zero-order valence-electron chi connectivity index (χ0n) is 16.5. The van der Waals surface area contributed by atoms with Gasteiger partial charge in [-0.1, -0.05) is 12.1 Å². The van der Waals surface area contributed by atoms with E-state index < -0.39 is 0 Å². The zero-order valence-corrected chi connectivity index (χ0v) is 16.5. The molecule has 1 aliphatic heterocycles. The van der Waals surface area contributed by atoms with E-state index in [4.69, 9.17) is 9.72 Å². The van der Waals surface area contributed by atoms with Gasteiger partial charge in [0.2, 0.25) is 0 Å². The van der Waals surface area contributed by atoms with Crippen LogP contribution in [-0.4, -0.2) is 33.8 Å². The Kier molecular flexibility index (Phi) is 3.73. The highest BCUT2D eigenvalue weighted by Gasteiger charge is 2.32. The summed E-state index contributed by atoms with van der Waals surface area (Å²) in [6.07, 6.45) is 4.05. The Labute approximate surface area is 164 Å². The second kappa shape index (κ2) is 6.06. The van der Waals surface area contributed by atoms with Crippen LogP contribution in [0.15, 0.2) is 36.5 Å². The predicted molar refractivity (Wildman–Crippen MR) is 108 cm³/mol. The van der Waals surface area contributed by atoms with Gasteiger partial charge in [0.05, 0.1) is 34.9 Å². The summed E-state index contributed by atoms with van der Waals surface area (Å²) in [5.41, 5.74) is 3.09. The van der Waals surface area contributed by atoms with Gasteiger partial charge in [0.1, 0.15) is 12.4 Å². The van der Waals surface area contributed by atoms with Crippen molar-refractivity contribution in [1.29, 1.82) is 0 Å². The molecule has 1 fully saturated rings. The second-order valence-electron chi connectivity index (χ2n) is 8.61. The number of hydrogen-bond donors (Lipinski definition) is 0. The first kappa shape index (κ1) is 17.2. The van der Waals surface area contributed by atoms with Gasteiger partial charge in [-0.05, 0) is 51.8 Å². The van der Waals surface area contributed by atoms with Crippen molar-refractivity contribution in [1.82, 2.24) is 14.8 Å². The van der Waals surface area contributed by atoms with E-state index in [2.05, 4.69) is 25.9 Å². The first-order valence-corrected chi connectivity index (χ1v) is 9.86. The van der Waals surface area contributed by atoms with Gasteiger partial charge in [-0.15, -0.1) is 0 Å². The summed E-state index contributed by atoms with van der Waals surface area (Å²) in [4.78, 5) is 20.4. The standard InChI is InChI=1S/C22H24N4O2/c1-22(2,3)26-20-16(13-23-26)15(12-17(24-20)14-8-9-14)21(27)25-10-11-28-19-7-5-4-6-18(19)25/h4-7,12-14H,8-11H2,1-3H3. The first-order chi connectivity index (χ1) is 13.4. The fourth-order valence-electron chi connectivity index (χ4n) is 3.80. The zero-order chi connectivity index (χ0) is 19.5. The summed E-state index contributed by atoms with van der Waals surface area (Å²) >= 11 is 0. The second-order valence-corrected chi connectivity index (χ2v) is 8.61. The van der Waals surface area contributed by atoms with E-state index >= 15 is 0 Å². The van der Waals surface area contributed by atoms with E-state index in [9.17, 15) is 4.79 Å². The Balaban J connectivity index is 1.67. The van der Waals surface area contributed by atoms with Crippen molar-refractivity contribution >= 4 is 22.6 Å². The van der Waals surface area contributed by atoms with Crippen molar-refractivity contribution in [3.8, 4) is 5.75 Å². The topological polar surface area (TPSA) is 60.2 Å². The number of pyridine rings is 1. The van der Waals surface area contributed by atoms with Crippen LogP contribution in [0, 0.1) is 0 Å². The number of rotatable bonds is 2. The van der Waals surface area contributed by atoms with Gasteiger partial charge in [-0.2, -0.15) is 5.10 Å². The number of carbonyl (C=O) groups excluding carboxylic acids is 1. The van der Waals surface area contributed by atoms with E-state index in [-0.39, 0.29) is 11.4 Å². The molecule has 1 aromatic carbocycles. The summed E-state index contributed by atoms with van der Waals surface area (Å²) < 4.78 is 7.65. The molecule has 6 nitrogen and oxygen atoms in total. The molecule has 0 spiro atoms. The minimum atomic E-state index is -0.206. The van der Waals surface area contributed by atoms with Crippen LogP contribution in [-0.2, 0) is 5.54 Å². The van der Waals surface area contributed by atoms with Gasteiger partial charge in [-0.3, -0.25) is 4.79 Å². The smallest absolute Gasteiger partial charge is 0.259 e. The van der Waals surface area contributed by atoms with E-state index in [0.717, 1.165) is 41.0 Å². The Morgan fingerprint density at radius 2 is 2.00 bits per heavy atom. The Morgan fingerprint density at radius 1 is 1.21 bits per heavy atom. The fourth-order valence-corrected chi connectivity index (χ4v) is 3.80. The number of hydrogen-bond acceptors (Lipinski definition) is 4. The highest BCUT2D eigenvalue weighted by Crippen LogP contribution is 2.41. The maximum atomic E-state index is 13.6. The largest absolute Gasteiger partial charge is 0.490 e. The third-order valence-corrected chi connectivity index (χ3v) is 5.40.